The van der Waals surface area contributed by atoms with Gasteiger partial charge < -0.3 is 10.6 Å². The number of carbonyl (C=O) groups excluding carboxylic acids is 2. The SMILES string of the molecule is Cc1cc(NC(=O)c2cccc([N+](=O)[O-])c2)ccc1NC(=O)Cc1ccccc1. The quantitative estimate of drug-likeness (QED) is 0.484. The molecule has 0 fully saturated rings. The van der Waals surface area contributed by atoms with Gasteiger partial charge in [0.2, 0.25) is 5.91 Å². The molecule has 2 amide bonds. The summed E-state index contributed by atoms with van der Waals surface area (Å²) >= 11 is 0. The van der Waals surface area contributed by atoms with Crippen LogP contribution in [0.3, 0.4) is 0 Å². The molecule has 7 heteroatoms. The smallest absolute Gasteiger partial charge is 0.270 e. The predicted octanol–water partition coefficient (Wildman–Crippen LogP) is 4.34. The van der Waals surface area contributed by atoms with E-state index in [-0.39, 0.29) is 23.6 Å². The average Bonchev–Trinajstić information content (AvgIpc) is 2.71. The van der Waals surface area contributed by atoms with Crippen molar-refractivity contribution in [3.63, 3.8) is 0 Å². The molecule has 0 aliphatic rings. The standard InChI is InChI=1S/C22H19N3O4/c1-15-12-18(23-22(27)17-8-5-9-19(14-17)25(28)29)10-11-20(15)24-21(26)13-16-6-3-2-4-7-16/h2-12,14H,13H2,1H3,(H,23,27)(H,24,26). The summed E-state index contributed by atoms with van der Waals surface area (Å²) in [5, 5.41) is 16.4. The first-order chi connectivity index (χ1) is 13.9. The largest absolute Gasteiger partial charge is 0.326 e. The zero-order valence-corrected chi connectivity index (χ0v) is 15.7. The molecule has 2 N–H and O–H groups in total. The summed E-state index contributed by atoms with van der Waals surface area (Å²) in [5.74, 6) is -0.582. The van der Waals surface area contributed by atoms with Gasteiger partial charge in [0.15, 0.2) is 0 Å². The van der Waals surface area contributed by atoms with Gasteiger partial charge in [-0.15, -0.1) is 0 Å². The van der Waals surface area contributed by atoms with E-state index in [9.17, 15) is 19.7 Å². The number of non-ortho nitro benzene ring substituents is 1. The third-order valence-corrected chi connectivity index (χ3v) is 4.29. The fraction of sp³-hybridized carbons (Fsp3) is 0.0909. The van der Waals surface area contributed by atoms with Crippen molar-refractivity contribution in [3.8, 4) is 0 Å². The van der Waals surface area contributed by atoms with Crippen LogP contribution in [0, 0.1) is 17.0 Å². The van der Waals surface area contributed by atoms with Crippen molar-refractivity contribution in [3.05, 3.63) is 99.6 Å². The summed E-state index contributed by atoms with van der Waals surface area (Å²) in [7, 11) is 0. The molecule has 7 nitrogen and oxygen atoms in total. The molecule has 0 unspecified atom stereocenters. The second kappa shape index (κ2) is 8.79. The second-order valence-corrected chi connectivity index (χ2v) is 6.50. The topological polar surface area (TPSA) is 101 Å². The third-order valence-electron chi connectivity index (χ3n) is 4.29. The highest BCUT2D eigenvalue weighted by Crippen LogP contribution is 2.21. The molecule has 0 bridgehead atoms. The molecule has 29 heavy (non-hydrogen) atoms. The summed E-state index contributed by atoms with van der Waals surface area (Å²) in [5.41, 5.74) is 2.92. The normalized spacial score (nSPS) is 10.2. The Kier molecular flexibility index (Phi) is 5.99. The first-order valence-electron chi connectivity index (χ1n) is 8.92. The Bertz CT molecular complexity index is 1060. The fourth-order valence-electron chi connectivity index (χ4n) is 2.82. The molecule has 0 saturated heterocycles. The lowest BCUT2D eigenvalue weighted by Gasteiger charge is -2.11. The van der Waals surface area contributed by atoms with E-state index in [1.807, 2.05) is 37.3 Å². The summed E-state index contributed by atoms with van der Waals surface area (Å²) in [6, 6.07) is 20.1. The van der Waals surface area contributed by atoms with Crippen molar-refractivity contribution in [2.45, 2.75) is 13.3 Å². The van der Waals surface area contributed by atoms with Crippen LogP contribution in [0.2, 0.25) is 0 Å². The highest BCUT2D eigenvalue weighted by atomic mass is 16.6. The minimum atomic E-state index is -0.548. The number of benzene rings is 3. The van der Waals surface area contributed by atoms with Crippen LogP contribution < -0.4 is 10.6 Å². The Morgan fingerprint density at radius 2 is 1.69 bits per heavy atom. The Morgan fingerprint density at radius 3 is 2.38 bits per heavy atom. The number of nitrogens with one attached hydrogen (secondary N) is 2. The number of hydrogen-bond donors (Lipinski definition) is 2. The number of nitro benzene ring substituents is 1. The third kappa shape index (κ3) is 5.26. The van der Waals surface area contributed by atoms with Crippen LogP contribution in [0.4, 0.5) is 17.1 Å². The van der Waals surface area contributed by atoms with Crippen molar-refractivity contribution in [1.29, 1.82) is 0 Å². The van der Waals surface area contributed by atoms with Gasteiger partial charge in [0.1, 0.15) is 0 Å². The Hall–Kier alpha value is -4.00. The number of nitrogens with zero attached hydrogens (tertiary/aromatic N) is 1. The first kappa shape index (κ1) is 19.8. The number of hydrogen-bond acceptors (Lipinski definition) is 4. The lowest BCUT2D eigenvalue weighted by molar-refractivity contribution is -0.384. The molecule has 146 valence electrons. The summed E-state index contributed by atoms with van der Waals surface area (Å²) in [6.45, 7) is 1.82. The Balaban J connectivity index is 1.66. The zero-order chi connectivity index (χ0) is 20.8. The van der Waals surface area contributed by atoms with Crippen LogP contribution in [0.5, 0.6) is 0 Å². The number of nitro groups is 1. The van der Waals surface area contributed by atoms with Gasteiger partial charge >= 0.3 is 0 Å². The van der Waals surface area contributed by atoms with Crippen LogP contribution in [-0.2, 0) is 11.2 Å². The van der Waals surface area contributed by atoms with Gasteiger partial charge in [-0.05, 0) is 42.3 Å². The van der Waals surface area contributed by atoms with Gasteiger partial charge in [-0.25, -0.2) is 0 Å². The van der Waals surface area contributed by atoms with Crippen LogP contribution in [-0.4, -0.2) is 16.7 Å². The molecule has 0 saturated carbocycles. The molecule has 3 aromatic carbocycles. The Labute approximate surface area is 167 Å². The van der Waals surface area contributed by atoms with E-state index in [1.165, 1.54) is 24.3 Å². The van der Waals surface area contributed by atoms with E-state index >= 15 is 0 Å². The van der Waals surface area contributed by atoms with E-state index in [0.29, 0.717) is 11.4 Å². The average molecular weight is 389 g/mol. The summed E-state index contributed by atoms with van der Waals surface area (Å²) in [6.07, 6.45) is 0.269. The van der Waals surface area contributed by atoms with Crippen LogP contribution in [0.15, 0.2) is 72.8 Å². The monoisotopic (exact) mass is 389 g/mol. The van der Waals surface area contributed by atoms with Crippen LogP contribution in [0.1, 0.15) is 21.5 Å². The molecule has 3 rings (SSSR count). The minimum absolute atomic E-state index is 0.132. The second-order valence-electron chi connectivity index (χ2n) is 6.50. The molecule has 0 aromatic heterocycles. The van der Waals surface area contributed by atoms with E-state index in [0.717, 1.165) is 11.1 Å². The molecular weight excluding hydrogens is 370 g/mol. The lowest BCUT2D eigenvalue weighted by atomic mass is 10.1. The van der Waals surface area contributed by atoms with Crippen molar-refractivity contribution in [1.82, 2.24) is 0 Å². The molecule has 0 radical (unpaired) electrons. The van der Waals surface area contributed by atoms with Crippen molar-refractivity contribution < 1.29 is 14.5 Å². The maximum Gasteiger partial charge on any atom is 0.270 e. The highest BCUT2D eigenvalue weighted by Gasteiger charge is 2.12. The molecule has 0 heterocycles. The molecule has 3 aromatic rings. The summed E-state index contributed by atoms with van der Waals surface area (Å²) < 4.78 is 0. The summed E-state index contributed by atoms with van der Waals surface area (Å²) in [4.78, 5) is 34.9. The zero-order valence-electron chi connectivity index (χ0n) is 15.7. The van der Waals surface area contributed by atoms with Gasteiger partial charge in [-0.3, -0.25) is 19.7 Å². The van der Waals surface area contributed by atoms with Crippen molar-refractivity contribution >= 4 is 28.9 Å². The maximum absolute atomic E-state index is 12.4. The predicted molar refractivity (Wildman–Crippen MR) is 111 cm³/mol. The molecular formula is C22H19N3O4. The van der Waals surface area contributed by atoms with Crippen LogP contribution >= 0.6 is 0 Å². The van der Waals surface area contributed by atoms with Crippen molar-refractivity contribution in [2.75, 3.05) is 10.6 Å². The molecule has 0 atom stereocenters. The number of carbonyl (C=O) groups is 2. The maximum atomic E-state index is 12.4. The van der Waals surface area contributed by atoms with Crippen molar-refractivity contribution in [2.24, 2.45) is 0 Å². The van der Waals surface area contributed by atoms with Gasteiger partial charge in [0.05, 0.1) is 11.3 Å². The van der Waals surface area contributed by atoms with E-state index in [4.69, 9.17) is 0 Å². The van der Waals surface area contributed by atoms with Gasteiger partial charge in [0.25, 0.3) is 11.6 Å². The Morgan fingerprint density at radius 1 is 0.931 bits per heavy atom. The van der Waals surface area contributed by atoms with Gasteiger partial charge in [0, 0.05) is 29.1 Å². The minimum Gasteiger partial charge on any atom is -0.326 e. The van der Waals surface area contributed by atoms with Gasteiger partial charge in [-0.1, -0.05) is 36.4 Å². The van der Waals surface area contributed by atoms with Gasteiger partial charge in [-0.2, -0.15) is 0 Å². The first-order valence-corrected chi connectivity index (χ1v) is 8.92. The number of amides is 2. The van der Waals surface area contributed by atoms with Crippen LogP contribution in [0.25, 0.3) is 0 Å². The van der Waals surface area contributed by atoms with E-state index in [2.05, 4.69) is 10.6 Å². The lowest BCUT2D eigenvalue weighted by Crippen LogP contribution is -2.16. The molecule has 0 aliphatic heterocycles. The van der Waals surface area contributed by atoms with E-state index < -0.39 is 10.8 Å². The fourth-order valence-corrected chi connectivity index (χ4v) is 2.82. The van der Waals surface area contributed by atoms with E-state index in [1.54, 1.807) is 18.2 Å². The number of rotatable bonds is 6. The number of aryl methyl sites for hydroxylation is 1. The molecule has 0 aliphatic carbocycles. The molecule has 0 spiro atoms. The number of anilines is 2. The highest BCUT2D eigenvalue weighted by molar-refractivity contribution is 6.05.